The zero-order valence-electron chi connectivity index (χ0n) is 11.9. The van der Waals surface area contributed by atoms with Crippen molar-refractivity contribution in [2.45, 2.75) is 19.8 Å². The van der Waals surface area contributed by atoms with Crippen LogP contribution in [0.1, 0.15) is 18.9 Å². The number of rotatable bonds is 7. The van der Waals surface area contributed by atoms with Crippen molar-refractivity contribution >= 4 is 5.91 Å². The highest BCUT2D eigenvalue weighted by molar-refractivity contribution is 5.76. The van der Waals surface area contributed by atoms with Crippen LogP contribution in [0.25, 0.3) is 0 Å². The fourth-order valence-electron chi connectivity index (χ4n) is 1.89. The first-order valence-corrected chi connectivity index (χ1v) is 6.22. The fraction of sp³-hybridized carbons (Fsp3) is 0.500. The molecule has 0 saturated carbocycles. The predicted octanol–water partition coefficient (Wildman–Crippen LogP) is 1.78. The third-order valence-corrected chi connectivity index (χ3v) is 2.78. The summed E-state index contributed by atoms with van der Waals surface area (Å²) in [7, 11) is 4.71. The number of methoxy groups -OCH3 is 3. The lowest BCUT2D eigenvalue weighted by molar-refractivity contribution is -0.120. The van der Waals surface area contributed by atoms with Crippen LogP contribution in [0.5, 0.6) is 17.2 Å². The molecule has 0 atom stereocenters. The molecular formula is C14H21NO4. The highest BCUT2D eigenvalue weighted by Crippen LogP contribution is 2.40. The van der Waals surface area contributed by atoms with Crippen molar-refractivity contribution in [3.05, 3.63) is 17.7 Å². The van der Waals surface area contributed by atoms with Crippen LogP contribution in [0.3, 0.4) is 0 Å². The fourth-order valence-corrected chi connectivity index (χ4v) is 1.89. The Hall–Kier alpha value is -1.91. The summed E-state index contributed by atoms with van der Waals surface area (Å²) in [6, 6.07) is 3.70. The van der Waals surface area contributed by atoms with Gasteiger partial charge in [0.15, 0.2) is 11.5 Å². The van der Waals surface area contributed by atoms with Gasteiger partial charge in [-0.25, -0.2) is 0 Å². The highest BCUT2D eigenvalue weighted by atomic mass is 16.5. The van der Waals surface area contributed by atoms with E-state index in [0.29, 0.717) is 36.6 Å². The van der Waals surface area contributed by atoms with Crippen molar-refractivity contribution in [2.75, 3.05) is 27.9 Å². The van der Waals surface area contributed by atoms with E-state index >= 15 is 0 Å². The molecule has 1 aromatic rings. The van der Waals surface area contributed by atoms with Gasteiger partial charge in [0, 0.05) is 13.0 Å². The van der Waals surface area contributed by atoms with Gasteiger partial charge in [-0.1, -0.05) is 6.07 Å². The molecule has 1 rings (SSSR count). The third kappa shape index (κ3) is 3.77. The number of amides is 1. The highest BCUT2D eigenvalue weighted by Gasteiger charge is 2.16. The molecule has 0 saturated heterocycles. The van der Waals surface area contributed by atoms with E-state index < -0.39 is 0 Å². The first-order chi connectivity index (χ1) is 9.17. The number of carbonyl (C=O) groups is 1. The van der Waals surface area contributed by atoms with Crippen LogP contribution in [0.15, 0.2) is 12.1 Å². The van der Waals surface area contributed by atoms with E-state index in [-0.39, 0.29) is 5.91 Å². The average Bonchev–Trinajstić information content (AvgIpc) is 2.43. The van der Waals surface area contributed by atoms with E-state index in [4.69, 9.17) is 14.2 Å². The maximum absolute atomic E-state index is 11.5. The van der Waals surface area contributed by atoms with Gasteiger partial charge in [-0.2, -0.15) is 0 Å². The Balaban J connectivity index is 2.92. The van der Waals surface area contributed by atoms with Crippen LogP contribution in [0, 0.1) is 0 Å². The molecule has 1 N–H and O–H groups in total. The Morgan fingerprint density at radius 2 is 1.79 bits per heavy atom. The molecule has 106 valence electrons. The van der Waals surface area contributed by atoms with Crippen LogP contribution < -0.4 is 19.5 Å². The van der Waals surface area contributed by atoms with Crippen LogP contribution >= 0.6 is 0 Å². The van der Waals surface area contributed by atoms with E-state index in [0.717, 1.165) is 5.56 Å². The molecule has 0 aliphatic rings. The zero-order chi connectivity index (χ0) is 14.3. The van der Waals surface area contributed by atoms with Gasteiger partial charge in [-0.15, -0.1) is 0 Å². The molecule has 0 unspecified atom stereocenters. The summed E-state index contributed by atoms with van der Waals surface area (Å²) >= 11 is 0. The molecule has 1 amide bonds. The number of hydrogen-bond donors (Lipinski definition) is 1. The molecule has 0 bridgehead atoms. The number of carbonyl (C=O) groups excluding carboxylic acids is 1. The minimum atomic E-state index is 0.0272. The van der Waals surface area contributed by atoms with Crippen LogP contribution in [0.4, 0.5) is 0 Å². The molecule has 0 aliphatic carbocycles. The maximum Gasteiger partial charge on any atom is 0.220 e. The number of benzene rings is 1. The van der Waals surface area contributed by atoms with Gasteiger partial charge in [0.05, 0.1) is 21.3 Å². The quantitative estimate of drug-likeness (QED) is 0.818. The van der Waals surface area contributed by atoms with Crippen LogP contribution in [-0.2, 0) is 11.2 Å². The topological polar surface area (TPSA) is 56.8 Å². The summed E-state index contributed by atoms with van der Waals surface area (Å²) in [5, 5.41) is 2.77. The molecule has 0 aliphatic heterocycles. The summed E-state index contributed by atoms with van der Waals surface area (Å²) in [5.41, 5.74) is 0.923. The van der Waals surface area contributed by atoms with Crippen molar-refractivity contribution in [1.82, 2.24) is 5.32 Å². The molecule has 0 aromatic heterocycles. The minimum Gasteiger partial charge on any atom is -0.493 e. The number of ether oxygens (including phenoxy) is 3. The molecule has 1 aromatic carbocycles. The second kappa shape index (κ2) is 7.51. The Labute approximate surface area is 113 Å². The first-order valence-electron chi connectivity index (χ1n) is 6.22. The lowest BCUT2D eigenvalue weighted by Gasteiger charge is -2.15. The number of hydrogen-bond acceptors (Lipinski definition) is 4. The van der Waals surface area contributed by atoms with Crippen LogP contribution in [-0.4, -0.2) is 33.8 Å². The lowest BCUT2D eigenvalue weighted by Crippen LogP contribution is -2.22. The molecule has 0 fully saturated rings. The first kappa shape index (κ1) is 15.1. The van der Waals surface area contributed by atoms with E-state index in [1.165, 1.54) is 0 Å². The number of aryl methyl sites for hydroxylation is 1. The Morgan fingerprint density at radius 3 is 2.32 bits per heavy atom. The Bertz CT molecular complexity index is 432. The monoisotopic (exact) mass is 267 g/mol. The Kier molecular flexibility index (Phi) is 5.99. The van der Waals surface area contributed by atoms with E-state index in [2.05, 4.69) is 5.32 Å². The molecule has 0 radical (unpaired) electrons. The van der Waals surface area contributed by atoms with Crippen molar-refractivity contribution < 1.29 is 19.0 Å². The SMILES string of the molecule is CCNC(=O)CCc1ccc(OC)c(OC)c1OC. The average molecular weight is 267 g/mol. The zero-order valence-corrected chi connectivity index (χ0v) is 11.9. The van der Waals surface area contributed by atoms with Gasteiger partial charge in [0.1, 0.15) is 0 Å². The largest absolute Gasteiger partial charge is 0.493 e. The summed E-state index contributed by atoms with van der Waals surface area (Å²) in [5.74, 6) is 1.81. The lowest BCUT2D eigenvalue weighted by atomic mass is 10.1. The molecule has 5 nitrogen and oxygen atoms in total. The number of nitrogens with one attached hydrogen (secondary N) is 1. The maximum atomic E-state index is 11.5. The second-order valence-corrected chi connectivity index (χ2v) is 3.95. The molecule has 0 spiro atoms. The summed E-state index contributed by atoms with van der Waals surface area (Å²) < 4.78 is 15.9. The standard InChI is InChI=1S/C14H21NO4/c1-5-15-12(16)9-7-10-6-8-11(17-2)14(19-4)13(10)18-3/h6,8H,5,7,9H2,1-4H3,(H,15,16). The van der Waals surface area contributed by atoms with E-state index in [1.807, 2.05) is 19.1 Å². The van der Waals surface area contributed by atoms with Gasteiger partial charge < -0.3 is 19.5 Å². The second-order valence-electron chi connectivity index (χ2n) is 3.95. The van der Waals surface area contributed by atoms with E-state index in [1.54, 1.807) is 21.3 Å². The predicted molar refractivity (Wildman–Crippen MR) is 73.1 cm³/mol. The van der Waals surface area contributed by atoms with Gasteiger partial charge in [-0.3, -0.25) is 4.79 Å². The summed E-state index contributed by atoms with van der Waals surface area (Å²) in [6.45, 7) is 2.54. The van der Waals surface area contributed by atoms with Crippen LogP contribution in [0.2, 0.25) is 0 Å². The minimum absolute atomic E-state index is 0.0272. The molecule has 5 heteroatoms. The van der Waals surface area contributed by atoms with Gasteiger partial charge >= 0.3 is 0 Å². The van der Waals surface area contributed by atoms with Gasteiger partial charge in [0.2, 0.25) is 11.7 Å². The molecular weight excluding hydrogens is 246 g/mol. The third-order valence-electron chi connectivity index (χ3n) is 2.78. The van der Waals surface area contributed by atoms with E-state index in [9.17, 15) is 4.79 Å². The smallest absolute Gasteiger partial charge is 0.220 e. The summed E-state index contributed by atoms with van der Waals surface area (Å²) in [4.78, 5) is 11.5. The van der Waals surface area contributed by atoms with Gasteiger partial charge in [-0.05, 0) is 25.0 Å². The van der Waals surface area contributed by atoms with Crippen molar-refractivity contribution in [2.24, 2.45) is 0 Å². The normalized spacial score (nSPS) is 9.89. The van der Waals surface area contributed by atoms with Crippen molar-refractivity contribution in [3.8, 4) is 17.2 Å². The molecule has 19 heavy (non-hydrogen) atoms. The van der Waals surface area contributed by atoms with Crippen molar-refractivity contribution in [3.63, 3.8) is 0 Å². The molecule has 0 heterocycles. The van der Waals surface area contributed by atoms with Gasteiger partial charge in [0.25, 0.3) is 0 Å². The van der Waals surface area contributed by atoms with Crippen molar-refractivity contribution in [1.29, 1.82) is 0 Å². The Morgan fingerprint density at radius 1 is 1.11 bits per heavy atom. The summed E-state index contributed by atoms with van der Waals surface area (Å²) in [6.07, 6.45) is 1.01.